The van der Waals surface area contributed by atoms with Gasteiger partial charge in [0.2, 0.25) is 0 Å². The van der Waals surface area contributed by atoms with Crippen LogP contribution in [0.5, 0.6) is 5.75 Å². The number of pyridine rings is 1. The summed E-state index contributed by atoms with van der Waals surface area (Å²) >= 11 is 0. The fourth-order valence-corrected chi connectivity index (χ4v) is 2.37. The summed E-state index contributed by atoms with van der Waals surface area (Å²) in [5.74, 6) is 0.965. The molecule has 0 N–H and O–H groups in total. The maximum absolute atomic E-state index is 5.61. The number of unbranched alkanes of at least 4 members (excludes halogenated alkanes) is 1. The minimum atomic E-state index is 0.787. The summed E-state index contributed by atoms with van der Waals surface area (Å²) in [5, 5.41) is 0. The molecule has 2 nitrogen and oxygen atoms in total. The van der Waals surface area contributed by atoms with Gasteiger partial charge in [-0.2, -0.15) is 0 Å². The SMILES string of the molecule is CCCCc1ccc(CCc2ccc(OCCC)cc2)cn1. The minimum Gasteiger partial charge on any atom is -0.494 e. The van der Waals surface area contributed by atoms with E-state index >= 15 is 0 Å². The van der Waals surface area contributed by atoms with Crippen molar-refractivity contribution in [1.29, 1.82) is 0 Å². The maximum atomic E-state index is 5.61. The molecule has 2 rings (SSSR count). The summed E-state index contributed by atoms with van der Waals surface area (Å²) < 4.78 is 5.61. The number of aryl methyl sites for hydroxylation is 3. The van der Waals surface area contributed by atoms with Crippen LogP contribution < -0.4 is 4.74 Å². The normalized spacial score (nSPS) is 10.6. The lowest BCUT2D eigenvalue weighted by molar-refractivity contribution is 0.317. The molecule has 2 aromatic rings. The fourth-order valence-electron chi connectivity index (χ4n) is 2.37. The first kappa shape index (κ1) is 16.5. The lowest BCUT2D eigenvalue weighted by Crippen LogP contribution is -1.97. The Morgan fingerprint density at radius 2 is 1.55 bits per heavy atom. The van der Waals surface area contributed by atoms with Crippen molar-refractivity contribution in [2.45, 2.75) is 52.4 Å². The number of benzene rings is 1. The molecule has 0 aliphatic rings. The molecule has 0 aliphatic heterocycles. The van der Waals surface area contributed by atoms with Crippen LogP contribution in [0, 0.1) is 0 Å². The van der Waals surface area contributed by atoms with Gasteiger partial charge < -0.3 is 4.74 Å². The Kier molecular flexibility index (Phi) is 6.95. The smallest absolute Gasteiger partial charge is 0.119 e. The van der Waals surface area contributed by atoms with E-state index in [9.17, 15) is 0 Å². The van der Waals surface area contributed by atoms with Gasteiger partial charge in [0.15, 0.2) is 0 Å². The number of ether oxygens (including phenoxy) is 1. The van der Waals surface area contributed by atoms with Crippen molar-refractivity contribution in [2.24, 2.45) is 0 Å². The molecule has 1 aromatic heterocycles. The van der Waals surface area contributed by atoms with Crippen LogP contribution in [-0.4, -0.2) is 11.6 Å². The van der Waals surface area contributed by atoms with Crippen molar-refractivity contribution in [3.05, 3.63) is 59.4 Å². The topological polar surface area (TPSA) is 22.1 Å². The molecule has 0 saturated heterocycles. The van der Waals surface area contributed by atoms with Crippen LogP contribution in [-0.2, 0) is 19.3 Å². The molecule has 0 saturated carbocycles. The number of aromatic nitrogens is 1. The van der Waals surface area contributed by atoms with Gasteiger partial charge in [-0.25, -0.2) is 0 Å². The van der Waals surface area contributed by atoms with E-state index in [1.807, 2.05) is 6.20 Å². The Hall–Kier alpha value is -1.83. The molecule has 118 valence electrons. The lowest BCUT2D eigenvalue weighted by Gasteiger charge is -2.06. The van der Waals surface area contributed by atoms with Crippen molar-refractivity contribution in [3.8, 4) is 5.75 Å². The van der Waals surface area contributed by atoms with Gasteiger partial charge in [-0.1, -0.05) is 38.5 Å². The lowest BCUT2D eigenvalue weighted by atomic mass is 10.0. The van der Waals surface area contributed by atoms with Crippen molar-refractivity contribution in [3.63, 3.8) is 0 Å². The Morgan fingerprint density at radius 3 is 2.18 bits per heavy atom. The van der Waals surface area contributed by atoms with Crippen molar-refractivity contribution in [2.75, 3.05) is 6.61 Å². The summed E-state index contributed by atoms with van der Waals surface area (Å²) in [4.78, 5) is 4.56. The van der Waals surface area contributed by atoms with Gasteiger partial charge in [-0.15, -0.1) is 0 Å². The van der Waals surface area contributed by atoms with Gasteiger partial charge in [-0.3, -0.25) is 4.98 Å². The van der Waals surface area contributed by atoms with Gasteiger partial charge in [0, 0.05) is 11.9 Å². The van der Waals surface area contributed by atoms with Crippen LogP contribution in [0.15, 0.2) is 42.6 Å². The highest BCUT2D eigenvalue weighted by atomic mass is 16.5. The molecule has 0 amide bonds. The average molecular weight is 297 g/mol. The van der Waals surface area contributed by atoms with Crippen LogP contribution in [0.4, 0.5) is 0 Å². The van der Waals surface area contributed by atoms with Crippen molar-refractivity contribution < 1.29 is 4.74 Å². The summed E-state index contributed by atoms with van der Waals surface area (Å²) in [5.41, 5.74) is 3.87. The van der Waals surface area contributed by atoms with Crippen LogP contribution >= 0.6 is 0 Å². The molecule has 0 aliphatic carbocycles. The Bertz CT molecular complexity index is 479. The molecule has 0 fully saturated rings. The summed E-state index contributed by atoms with van der Waals surface area (Å²) in [6.45, 7) is 5.12. The molecule has 1 heterocycles. The van der Waals surface area contributed by atoms with E-state index in [-0.39, 0.29) is 0 Å². The Morgan fingerprint density at radius 1 is 0.818 bits per heavy atom. The van der Waals surface area contributed by atoms with E-state index in [4.69, 9.17) is 4.74 Å². The third kappa shape index (κ3) is 5.51. The molecule has 0 bridgehead atoms. The average Bonchev–Trinajstić information content (AvgIpc) is 2.58. The van der Waals surface area contributed by atoms with E-state index in [1.165, 1.54) is 29.7 Å². The van der Waals surface area contributed by atoms with E-state index in [0.717, 1.165) is 38.0 Å². The molecule has 2 heteroatoms. The van der Waals surface area contributed by atoms with Crippen LogP contribution in [0.25, 0.3) is 0 Å². The van der Waals surface area contributed by atoms with Gasteiger partial charge in [0.1, 0.15) is 5.75 Å². The Labute approximate surface area is 134 Å². The quantitative estimate of drug-likeness (QED) is 0.650. The summed E-state index contributed by atoms with van der Waals surface area (Å²) in [6, 6.07) is 12.8. The Balaban J connectivity index is 1.81. The molecule has 22 heavy (non-hydrogen) atoms. The van der Waals surface area contributed by atoms with Crippen molar-refractivity contribution in [1.82, 2.24) is 4.98 Å². The fraction of sp³-hybridized carbons (Fsp3) is 0.450. The van der Waals surface area contributed by atoms with E-state index in [2.05, 4.69) is 55.2 Å². The number of hydrogen-bond acceptors (Lipinski definition) is 2. The molecule has 0 spiro atoms. The highest BCUT2D eigenvalue weighted by Gasteiger charge is 1.99. The second-order valence-electron chi connectivity index (χ2n) is 5.75. The zero-order valence-corrected chi connectivity index (χ0v) is 13.8. The summed E-state index contributed by atoms with van der Waals surface area (Å²) in [7, 11) is 0. The first-order chi connectivity index (χ1) is 10.8. The van der Waals surface area contributed by atoms with Crippen LogP contribution in [0.2, 0.25) is 0 Å². The van der Waals surface area contributed by atoms with Crippen LogP contribution in [0.1, 0.15) is 49.9 Å². The van der Waals surface area contributed by atoms with Gasteiger partial charge in [0.25, 0.3) is 0 Å². The minimum absolute atomic E-state index is 0.787. The molecule has 0 unspecified atom stereocenters. The molecular formula is C20H27NO. The molecule has 0 radical (unpaired) electrons. The highest BCUT2D eigenvalue weighted by molar-refractivity contribution is 5.28. The third-order valence-corrected chi connectivity index (χ3v) is 3.77. The molecular weight excluding hydrogens is 270 g/mol. The predicted octanol–water partition coefficient (Wildman–Crippen LogP) is 5.00. The number of rotatable bonds is 9. The largest absolute Gasteiger partial charge is 0.494 e. The molecule has 1 aromatic carbocycles. The third-order valence-electron chi connectivity index (χ3n) is 3.77. The summed E-state index contributed by atoms with van der Waals surface area (Å²) in [6.07, 6.45) is 8.70. The van der Waals surface area contributed by atoms with E-state index in [0.29, 0.717) is 0 Å². The first-order valence-corrected chi connectivity index (χ1v) is 8.47. The monoisotopic (exact) mass is 297 g/mol. The van der Waals surface area contributed by atoms with Crippen LogP contribution in [0.3, 0.4) is 0 Å². The number of nitrogens with zero attached hydrogens (tertiary/aromatic N) is 1. The van der Waals surface area contributed by atoms with E-state index < -0.39 is 0 Å². The number of hydrogen-bond donors (Lipinski definition) is 0. The standard InChI is InChI=1S/C20H27NO/c1-3-5-6-19-12-9-18(16-21-19)8-7-17-10-13-20(14-11-17)22-15-4-2/h9-14,16H,3-8,15H2,1-2H3. The predicted molar refractivity (Wildman–Crippen MR) is 92.5 cm³/mol. The zero-order valence-electron chi connectivity index (χ0n) is 13.8. The highest BCUT2D eigenvalue weighted by Crippen LogP contribution is 2.14. The molecule has 0 atom stereocenters. The maximum Gasteiger partial charge on any atom is 0.119 e. The zero-order chi connectivity index (χ0) is 15.6. The van der Waals surface area contributed by atoms with Gasteiger partial charge in [0.05, 0.1) is 6.61 Å². The first-order valence-electron chi connectivity index (χ1n) is 8.47. The van der Waals surface area contributed by atoms with Gasteiger partial charge in [-0.05, 0) is 61.4 Å². The second-order valence-corrected chi connectivity index (χ2v) is 5.75. The van der Waals surface area contributed by atoms with Gasteiger partial charge >= 0.3 is 0 Å². The van der Waals surface area contributed by atoms with Crippen molar-refractivity contribution >= 4 is 0 Å². The second kappa shape index (κ2) is 9.24. The van der Waals surface area contributed by atoms with E-state index in [1.54, 1.807) is 0 Å².